The van der Waals surface area contributed by atoms with Crippen molar-refractivity contribution >= 4 is 15.7 Å². The smallest absolute Gasteiger partial charge is 0.251 e. The summed E-state index contributed by atoms with van der Waals surface area (Å²) in [5.74, 6) is 0.585. The molecule has 1 aliphatic heterocycles. The molecule has 1 fully saturated rings. The normalized spacial score (nSPS) is 24.3. The van der Waals surface area contributed by atoms with Crippen LogP contribution < -0.4 is 10.1 Å². The van der Waals surface area contributed by atoms with Gasteiger partial charge in [0.2, 0.25) is 0 Å². The summed E-state index contributed by atoms with van der Waals surface area (Å²) in [4.78, 5) is 12.1. The van der Waals surface area contributed by atoms with Gasteiger partial charge in [0.25, 0.3) is 5.91 Å². The molecule has 1 aromatic rings. The van der Waals surface area contributed by atoms with Crippen molar-refractivity contribution in [1.29, 1.82) is 0 Å². The zero-order chi connectivity index (χ0) is 14.8. The van der Waals surface area contributed by atoms with Gasteiger partial charge in [0.05, 0.1) is 23.7 Å². The van der Waals surface area contributed by atoms with Gasteiger partial charge in [-0.3, -0.25) is 4.79 Å². The van der Waals surface area contributed by atoms with Crippen molar-refractivity contribution in [3.8, 4) is 5.75 Å². The fourth-order valence-corrected chi connectivity index (χ4v) is 4.42. The van der Waals surface area contributed by atoms with E-state index in [1.807, 2.05) is 6.92 Å². The zero-order valence-corrected chi connectivity index (χ0v) is 12.5. The van der Waals surface area contributed by atoms with Gasteiger partial charge in [-0.05, 0) is 44.5 Å². The van der Waals surface area contributed by atoms with Gasteiger partial charge in [0, 0.05) is 5.56 Å². The van der Waals surface area contributed by atoms with E-state index in [0.29, 0.717) is 24.3 Å². The maximum Gasteiger partial charge on any atom is 0.251 e. The average molecular weight is 297 g/mol. The Morgan fingerprint density at radius 1 is 1.35 bits per heavy atom. The molecule has 0 aromatic heterocycles. The van der Waals surface area contributed by atoms with Crippen LogP contribution in [0.3, 0.4) is 0 Å². The van der Waals surface area contributed by atoms with Crippen LogP contribution in [0.5, 0.6) is 5.75 Å². The van der Waals surface area contributed by atoms with Crippen LogP contribution in [0, 0.1) is 0 Å². The molecule has 0 saturated carbocycles. The Hall–Kier alpha value is -1.56. The summed E-state index contributed by atoms with van der Waals surface area (Å²) < 4.78 is 28.3. The number of carbonyl (C=O) groups is 1. The summed E-state index contributed by atoms with van der Waals surface area (Å²) in [6, 6.07) is 6.80. The molecule has 0 spiro atoms. The minimum absolute atomic E-state index is 0.00275. The van der Waals surface area contributed by atoms with Gasteiger partial charge < -0.3 is 10.1 Å². The van der Waals surface area contributed by atoms with Crippen molar-refractivity contribution in [2.75, 3.05) is 18.1 Å². The molecule has 0 aliphatic carbocycles. The van der Waals surface area contributed by atoms with Crippen molar-refractivity contribution in [1.82, 2.24) is 5.32 Å². The van der Waals surface area contributed by atoms with Crippen LogP contribution in [0.1, 0.15) is 30.6 Å². The third-order valence-electron chi connectivity index (χ3n) is 3.35. The number of hydrogen-bond acceptors (Lipinski definition) is 4. The zero-order valence-electron chi connectivity index (χ0n) is 11.7. The summed E-state index contributed by atoms with van der Waals surface area (Å²) in [6.07, 6.45) is 0.456. The lowest BCUT2D eigenvalue weighted by atomic mass is 10.0. The molecular formula is C14H19NO4S. The van der Waals surface area contributed by atoms with Crippen LogP contribution >= 0.6 is 0 Å². The van der Waals surface area contributed by atoms with Crippen LogP contribution in [0.4, 0.5) is 0 Å². The van der Waals surface area contributed by atoms with E-state index in [4.69, 9.17) is 4.74 Å². The third kappa shape index (κ3) is 3.50. The first-order chi connectivity index (χ1) is 9.34. The highest BCUT2D eigenvalue weighted by Gasteiger charge is 2.39. The Morgan fingerprint density at radius 2 is 2.00 bits per heavy atom. The second-order valence-corrected chi connectivity index (χ2v) is 7.50. The number of amides is 1. The molecule has 1 heterocycles. The lowest BCUT2D eigenvalue weighted by Gasteiger charge is -2.23. The Bertz CT molecular complexity index is 594. The lowest BCUT2D eigenvalue weighted by molar-refractivity contribution is 0.0915. The molecular weight excluding hydrogens is 278 g/mol. The van der Waals surface area contributed by atoms with Gasteiger partial charge in [-0.1, -0.05) is 0 Å². The molecule has 2 rings (SSSR count). The van der Waals surface area contributed by atoms with Gasteiger partial charge in [0.15, 0.2) is 9.84 Å². The Morgan fingerprint density at radius 3 is 2.50 bits per heavy atom. The summed E-state index contributed by atoms with van der Waals surface area (Å²) in [6.45, 7) is 4.23. The Balaban J connectivity index is 2.05. The molecule has 1 aromatic carbocycles. The van der Waals surface area contributed by atoms with E-state index in [9.17, 15) is 13.2 Å². The predicted octanol–water partition coefficient (Wildman–Crippen LogP) is 1.39. The third-order valence-corrected chi connectivity index (χ3v) is 5.25. The fraction of sp³-hybridized carbons (Fsp3) is 0.500. The van der Waals surface area contributed by atoms with Gasteiger partial charge in [0.1, 0.15) is 5.75 Å². The predicted molar refractivity (Wildman–Crippen MR) is 76.8 cm³/mol. The topological polar surface area (TPSA) is 72.5 Å². The standard InChI is InChI=1S/C14H19NO4S/c1-3-19-12-6-4-11(5-7-12)13(16)15-14(2)8-9-20(17,18)10-14/h4-7H,3,8-10H2,1-2H3,(H,15,16)/t14-/m0/s1. The maximum absolute atomic E-state index is 12.1. The Labute approximate surface area is 119 Å². The van der Waals surface area contributed by atoms with Gasteiger partial charge in [-0.2, -0.15) is 0 Å². The molecule has 1 aliphatic rings. The average Bonchev–Trinajstić information content (AvgIpc) is 2.64. The first-order valence-corrected chi connectivity index (χ1v) is 8.41. The van der Waals surface area contributed by atoms with E-state index in [1.165, 1.54) is 0 Å². The largest absolute Gasteiger partial charge is 0.494 e. The maximum atomic E-state index is 12.1. The first kappa shape index (κ1) is 14.8. The highest BCUT2D eigenvalue weighted by molar-refractivity contribution is 7.91. The minimum Gasteiger partial charge on any atom is -0.494 e. The SMILES string of the molecule is CCOc1ccc(C(=O)N[C@@]2(C)CCS(=O)(=O)C2)cc1. The van der Waals surface area contributed by atoms with E-state index in [1.54, 1.807) is 31.2 Å². The van der Waals surface area contributed by atoms with Crippen LogP contribution in [0.25, 0.3) is 0 Å². The first-order valence-electron chi connectivity index (χ1n) is 6.59. The fourth-order valence-electron chi connectivity index (χ4n) is 2.32. The van der Waals surface area contributed by atoms with Crippen molar-refractivity contribution in [3.63, 3.8) is 0 Å². The second-order valence-electron chi connectivity index (χ2n) is 5.31. The molecule has 1 atom stereocenters. The van der Waals surface area contributed by atoms with E-state index in [-0.39, 0.29) is 17.4 Å². The summed E-state index contributed by atoms with van der Waals surface area (Å²) in [5.41, 5.74) is -0.173. The molecule has 110 valence electrons. The molecule has 5 nitrogen and oxygen atoms in total. The molecule has 0 unspecified atom stereocenters. The van der Waals surface area contributed by atoms with E-state index in [0.717, 1.165) is 0 Å². The van der Waals surface area contributed by atoms with Crippen LogP contribution in [-0.4, -0.2) is 38.0 Å². The molecule has 1 N–H and O–H groups in total. The van der Waals surface area contributed by atoms with Gasteiger partial charge >= 0.3 is 0 Å². The van der Waals surface area contributed by atoms with Crippen LogP contribution in [0.15, 0.2) is 24.3 Å². The lowest BCUT2D eigenvalue weighted by Crippen LogP contribution is -2.46. The van der Waals surface area contributed by atoms with Crippen molar-refractivity contribution < 1.29 is 17.9 Å². The molecule has 6 heteroatoms. The number of sulfone groups is 1. The minimum atomic E-state index is -3.03. The van der Waals surface area contributed by atoms with E-state index < -0.39 is 15.4 Å². The van der Waals surface area contributed by atoms with Crippen LogP contribution in [-0.2, 0) is 9.84 Å². The van der Waals surface area contributed by atoms with Gasteiger partial charge in [-0.25, -0.2) is 8.42 Å². The molecule has 1 saturated heterocycles. The number of ether oxygens (including phenoxy) is 1. The monoisotopic (exact) mass is 297 g/mol. The quantitative estimate of drug-likeness (QED) is 0.911. The number of nitrogens with one attached hydrogen (secondary N) is 1. The number of benzene rings is 1. The summed E-state index contributed by atoms with van der Waals surface area (Å²) in [7, 11) is -3.03. The molecule has 1 amide bonds. The van der Waals surface area contributed by atoms with Crippen molar-refractivity contribution in [3.05, 3.63) is 29.8 Å². The van der Waals surface area contributed by atoms with E-state index >= 15 is 0 Å². The number of hydrogen-bond donors (Lipinski definition) is 1. The Kier molecular flexibility index (Phi) is 4.04. The highest BCUT2D eigenvalue weighted by Crippen LogP contribution is 2.23. The molecule has 20 heavy (non-hydrogen) atoms. The molecule has 0 bridgehead atoms. The second kappa shape index (κ2) is 5.44. The summed E-state index contributed by atoms with van der Waals surface area (Å²) in [5, 5.41) is 2.82. The van der Waals surface area contributed by atoms with Gasteiger partial charge in [-0.15, -0.1) is 0 Å². The summed E-state index contributed by atoms with van der Waals surface area (Å²) >= 11 is 0. The number of carbonyl (C=O) groups excluding carboxylic acids is 1. The highest BCUT2D eigenvalue weighted by atomic mass is 32.2. The van der Waals surface area contributed by atoms with Crippen molar-refractivity contribution in [2.24, 2.45) is 0 Å². The van der Waals surface area contributed by atoms with E-state index in [2.05, 4.69) is 5.32 Å². The van der Waals surface area contributed by atoms with Crippen LogP contribution in [0.2, 0.25) is 0 Å². The number of rotatable bonds is 4. The molecule has 0 radical (unpaired) electrons. The van der Waals surface area contributed by atoms with Crippen molar-refractivity contribution in [2.45, 2.75) is 25.8 Å².